The molecule has 2 N–H and O–H groups in total. The highest BCUT2D eigenvalue weighted by atomic mass is 35.5. The number of rotatable bonds is 4. The van der Waals surface area contributed by atoms with Crippen LogP contribution in [0.3, 0.4) is 0 Å². The van der Waals surface area contributed by atoms with Crippen LogP contribution in [0.15, 0.2) is 36.8 Å². The highest BCUT2D eigenvalue weighted by Gasteiger charge is 2.20. The van der Waals surface area contributed by atoms with Crippen LogP contribution in [0.25, 0.3) is 0 Å². The van der Waals surface area contributed by atoms with E-state index in [1.54, 1.807) is 6.20 Å². The van der Waals surface area contributed by atoms with Crippen molar-refractivity contribution < 1.29 is 4.79 Å². The van der Waals surface area contributed by atoms with E-state index >= 15 is 0 Å². The fourth-order valence-corrected chi connectivity index (χ4v) is 2.87. The molecule has 0 aliphatic carbocycles. The number of hydrogen-bond donors (Lipinski definition) is 1. The number of nitrogens with two attached hydrogens (primary N) is 1. The topological polar surface area (TPSA) is 75.4 Å². The normalized spacial score (nSPS) is 15.6. The molecule has 1 saturated heterocycles. The van der Waals surface area contributed by atoms with Crippen LogP contribution in [0.5, 0.6) is 0 Å². The zero-order chi connectivity index (χ0) is 16.2. The van der Waals surface area contributed by atoms with Crippen molar-refractivity contribution in [3.63, 3.8) is 0 Å². The molecule has 120 valence electrons. The zero-order valence-corrected chi connectivity index (χ0v) is 13.4. The Morgan fingerprint density at radius 1 is 1.17 bits per heavy atom. The number of hydrogen-bond acceptors (Lipinski definition) is 5. The number of carbonyl (C=O) groups is 1. The second-order valence-electron chi connectivity index (χ2n) is 5.51. The monoisotopic (exact) mass is 331 g/mol. The van der Waals surface area contributed by atoms with Gasteiger partial charge in [-0.05, 0) is 17.7 Å². The number of primary amides is 1. The number of aromatic nitrogens is 2. The predicted molar refractivity (Wildman–Crippen MR) is 89.5 cm³/mol. The van der Waals surface area contributed by atoms with E-state index in [1.807, 2.05) is 24.4 Å². The Balaban J connectivity index is 1.62. The first-order chi connectivity index (χ1) is 11.1. The lowest BCUT2D eigenvalue weighted by Gasteiger charge is -2.36. The van der Waals surface area contributed by atoms with Crippen LogP contribution in [0, 0.1) is 0 Å². The molecule has 7 heteroatoms. The van der Waals surface area contributed by atoms with Crippen molar-refractivity contribution in [3.05, 3.63) is 53.1 Å². The van der Waals surface area contributed by atoms with Gasteiger partial charge in [-0.1, -0.05) is 17.7 Å². The summed E-state index contributed by atoms with van der Waals surface area (Å²) in [4.78, 5) is 24.1. The molecule has 2 aromatic heterocycles. The van der Waals surface area contributed by atoms with Crippen molar-refractivity contribution >= 4 is 23.2 Å². The molecule has 0 aromatic carbocycles. The van der Waals surface area contributed by atoms with Crippen LogP contribution < -0.4 is 10.6 Å². The Kier molecular flexibility index (Phi) is 4.73. The zero-order valence-electron chi connectivity index (χ0n) is 12.7. The van der Waals surface area contributed by atoms with Crippen LogP contribution in [-0.2, 0) is 6.54 Å². The van der Waals surface area contributed by atoms with Gasteiger partial charge in [-0.2, -0.15) is 0 Å². The van der Waals surface area contributed by atoms with Crippen molar-refractivity contribution in [2.75, 3.05) is 31.1 Å². The summed E-state index contributed by atoms with van der Waals surface area (Å²) in [7, 11) is 0. The van der Waals surface area contributed by atoms with Gasteiger partial charge in [0.25, 0.3) is 5.91 Å². The Labute approximate surface area is 139 Å². The van der Waals surface area contributed by atoms with Crippen molar-refractivity contribution in [1.82, 2.24) is 14.9 Å². The third-order valence-electron chi connectivity index (χ3n) is 3.97. The van der Waals surface area contributed by atoms with Crippen LogP contribution in [0.1, 0.15) is 15.9 Å². The number of pyridine rings is 2. The minimum absolute atomic E-state index is 0.442. The Hall–Kier alpha value is -2.18. The summed E-state index contributed by atoms with van der Waals surface area (Å²) in [5.41, 5.74) is 7.91. The fourth-order valence-electron chi connectivity index (χ4n) is 2.76. The number of halogens is 1. The Morgan fingerprint density at radius 3 is 2.61 bits per heavy atom. The Bertz CT molecular complexity index is 683. The highest BCUT2D eigenvalue weighted by molar-refractivity contribution is 6.29. The van der Waals surface area contributed by atoms with Gasteiger partial charge in [-0.25, -0.2) is 4.98 Å². The molecule has 0 atom stereocenters. The molecule has 1 aliphatic heterocycles. The molecule has 0 unspecified atom stereocenters. The SMILES string of the molecule is NC(=O)c1cnccc1N1CCN(Cc2ccc(Cl)nc2)CC1. The van der Waals surface area contributed by atoms with E-state index in [0.717, 1.165) is 44.0 Å². The molecular formula is C16H18ClN5O. The maximum atomic E-state index is 11.5. The van der Waals surface area contributed by atoms with Crippen LogP contribution in [0.2, 0.25) is 5.15 Å². The lowest BCUT2D eigenvalue weighted by atomic mass is 10.1. The summed E-state index contributed by atoms with van der Waals surface area (Å²) in [5.74, 6) is -0.442. The number of anilines is 1. The average Bonchev–Trinajstić information content (AvgIpc) is 2.58. The molecule has 6 nitrogen and oxygen atoms in total. The molecule has 0 spiro atoms. The molecule has 0 bridgehead atoms. The fraction of sp³-hybridized carbons (Fsp3) is 0.312. The van der Waals surface area contributed by atoms with Crippen LogP contribution in [0.4, 0.5) is 5.69 Å². The van der Waals surface area contributed by atoms with Gasteiger partial charge < -0.3 is 10.6 Å². The van der Waals surface area contributed by atoms with E-state index in [0.29, 0.717) is 10.7 Å². The summed E-state index contributed by atoms with van der Waals surface area (Å²) in [6.07, 6.45) is 5.03. The van der Waals surface area contributed by atoms with Gasteiger partial charge in [0, 0.05) is 51.3 Å². The summed E-state index contributed by atoms with van der Waals surface area (Å²) >= 11 is 5.81. The largest absolute Gasteiger partial charge is 0.368 e. The van der Waals surface area contributed by atoms with Crippen LogP contribution >= 0.6 is 11.6 Å². The van der Waals surface area contributed by atoms with Gasteiger partial charge >= 0.3 is 0 Å². The average molecular weight is 332 g/mol. The minimum Gasteiger partial charge on any atom is -0.368 e. The number of nitrogens with zero attached hydrogens (tertiary/aromatic N) is 4. The summed E-state index contributed by atoms with van der Waals surface area (Å²) in [5, 5.41) is 0.509. The molecule has 1 fully saturated rings. The second-order valence-corrected chi connectivity index (χ2v) is 5.90. The summed E-state index contributed by atoms with van der Waals surface area (Å²) in [6, 6.07) is 5.65. The third kappa shape index (κ3) is 3.78. The van der Waals surface area contributed by atoms with Gasteiger partial charge in [-0.15, -0.1) is 0 Å². The maximum Gasteiger partial charge on any atom is 0.252 e. The summed E-state index contributed by atoms with van der Waals surface area (Å²) < 4.78 is 0. The number of carbonyl (C=O) groups excluding carboxylic acids is 1. The third-order valence-corrected chi connectivity index (χ3v) is 4.19. The first-order valence-corrected chi connectivity index (χ1v) is 7.83. The van der Waals surface area contributed by atoms with E-state index in [4.69, 9.17) is 17.3 Å². The molecular weight excluding hydrogens is 314 g/mol. The minimum atomic E-state index is -0.442. The quantitative estimate of drug-likeness (QED) is 0.860. The maximum absolute atomic E-state index is 11.5. The van der Waals surface area contributed by atoms with Gasteiger partial charge in [0.2, 0.25) is 0 Å². The van der Waals surface area contributed by atoms with E-state index in [9.17, 15) is 4.79 Å². The molecule has 3 heterocycles. The van der Waals surface area contributed by atoms with E-state index in [1.165, 1.54) is 6.20 Å². The molecule has 1 amide bonds. The van der Waals surface area contributed by atoms with Gasteiger partial charge in [0.05, 0.1) is 11.3 Å². The van der Waals surface area contributed by atoms with Crippen molar-refractivity contribution in [2.45, 2.75) is 6.54 Å². The lowest BCUT2D eigenvalue weighted by Crippen LogP contribution is -2.46. The highest BCUT2D eigenvalue weighted by Crippen LogP contribution is 2.21. The number of amides is 1. The molecule has 23 heavy (non-hydrogen) atoms. The van der Waals surface area contributed by atoms with Gasteiger partial charge in [0.15, 0.2) is 0 Å². The summed E-state index contributed by atoms with van der Waals surface area (Å²) in [6.45, 7) is 4.33. The molecule has 0 radical (unpaired) electrons. The first kappa shape index (κ1) is 15.7. The van der Waals surface area contributed by atoms with Gasteiger partial charge in [0.1, 0.15) is 5.15 Å². The van der Waals surface area contributed by atoms with Crippen molar-refractivity contribution in [1.29, 1.82) is 0 Å². The van der Waals surface area contributed by atoms with Crippen molar-refractivity contribution in [2.24, 2.45) is 5.73 Å². The second kappa shape index (κ2) is 6.93. The van der Waals surface area contributed by atoms with Crippen molar-refractivity contribution in [3.8, 4) is 0 Å². The van der Waals surface area contributed by atoms with E-state index in [2.05, 4.69) is 19.8 Å². The molecule has 0 saturated carbocycles. The standard InChI is InChI=1S/C16H18ClN5O/c17-15-2-1-12(9-20-15)11-21-5-7-22(8-6-21)14-3-4-19-10-13(14)16(18)23/h1-4,9-10H,5-8,11H2,(H2,18,23). The van der Waals surface area contributed by atoms with Crippen LogP contribution in [-0.4, -0.2) is 47.0 Å². The van der Waals surface area contributed by atoms with E-state index < -0.39 is 5.91 Å². The molecule has 1 aliphatic rings. The lowest BCUT2D eigenvalue weighted by molar-refractivity contribution is 0.1000. The first-order valence-electron chi connectivity index (χ1n) is 7.45. The smallest absolute Gasteiger partial charge is 0.252 e. The predicted octanol–water partition coefficient (Wildman–Crippen LogP) is 1.55. The molecule has 2 aromatic rings. The number of piperazine rings is 1. The van der Waals surface area contributed by atoms with Gasteiger partial charge in [-0.3, -0.25) is 14.7 Å². The Morgan fingerprint density at radius 2 is 1.96 bits per heavy atom. The molecule has 3 rings (SSSR count). The van der Waals surface area contributed by atoms with E-state index in [-0.39, 0.29) is 0 Å².